The Kier molecular flexibility index (Phi) is 5.82. The minimum atomic E-state index is 0.00792. The molecule has 0 aromatic heterocycles. The number of likely N-dealkylation sites (N-methyl/N-ethyl adjacent to an activating group) is 1. The van der Waals surface area contributed by atoms with E-state index < -0.39 is 0 Å². The van der Waals surface area contributed by atoms with E-state index in [1.807, 2.05) is 36.9 Å². The third-order valence-electron chi connectivity index (χ3n) is 3.05. The fraction of sp³-hybridized carbons (Fsp3) is 0.500. The van der Waals surface area contributed by atoms with E-state index in [9.17, 15) is 4.79 Å². The van der Waals surface area contributed by atoms with Crippen LogP contribution in [0.25, 0.3) is 0 Å². The van der Waals surface area contributed by atoms with E-state index in [0.717, 1.165) is 18.8 Å². The molecule has 0 saturated carbocycles. The third kappa shape index (κ3) is 4.47. The van der Waals surface area contributed by atoms with Crippen LogP contribution in [0.3, 0.4) is 0 Å². The Bertz CT molecular complexity index is 404. The molecular weight excluding hydrogens is 226 g/mol. The summed E-state index contributed by atoms with van der Waals surface area (Å²) in [6, 6.07) is 5.94. The zero-order valence-electron chi connectivity index (χ0n) is 11.5. The van der Waals surface area contributed by atoms with Crippen LogP contribution in [0, 0.1) is 13.8 Å². The summed E-state index contributed by atoms with van der Waals surface area (Å²) < 4.78 is 0. The number of benzene rings is 1. The summed E-state index contributed by atoms with van der Waals surface area (Å²) in [4.78, 5) is 13.9. The molecule has 0 heterocycles. The van der Waals surface area contributed by atoms with Crippen molar-refractivity contribution in [3.63, 3.8) is 0 Å². The standard InChI is InChI=1S/C14H23N3O/c1-4-17(8-7-15)10-14(18)16-13-6-5-11(2)12(3)9-13/h5-6,9H,4,7-8,10,15H2,1-3H3,(H,16,18). The number of nitrogens with one attached hydrogen (secondary N) is 1. The second-order valence-corrected chi connectivity index (χ2v) is 4.50. The molecule has 0 saturated heterocycles. The summed E-state index contributed by atoms with van der Waals surface area (Å²) in [5.41, 5.74) is 8.76. The highest BCUT2D eigenvalue weighted by Crippen LogP contribution is 2.13. The van der Waals surface area contributed by atoms with Gasteiger partial charge in [0.05, 0.1) is 6.54 Å². The number of carbonyl (C=O) groups is 1. The zero-order valence-corrected chi connectivity index (χ0v) is 11.5. The average molecular weight is 249 g/mol. The Morgan fingerprint density at radius 1 is 1.33 bits per heavy atom. The fourth-order valence-electron chi connectivity index (χ4n) is 1.75. The number of amides is 1. The second kappa shape index (κ2) is 7.13. The van der Waals surface area contributed by atoms with Gasteiger partial charge in [0, 0.05) is 18.8 Å². The maximum atomic E-state index is 11.9. The Morgan fingerprint density at radius 2 is 2.06 bits per heavy atom. The van der Waals surface area contributed by atoms with Gasteiger partial charge in [0.1, 0.15) is 0 Å². The van der Waals surface area contributed by atoms with Crippen LogP contribution in [0.5, 0.6) is 0 Å². The van der Waals surface area contributed by atoms with Crippen molar-refractivity contribution in [2.45, 2.75) is 20.8 Å². The second-order valence-electron chi connectivity index (χ2n) is 4.50. The summed E-state index contributed by atoms with van der Waals surface area (Å²) in [6.07, 6.45) is 0. The lowest BCUT2D eigenvalue weighted by atomic mass is 10.1. The summed E-state index contributed by atoms with van der Waals surface area (Å²) in [5.74, 6) is 0.00792. The first-order valence-electron chi connectivity index (χ1n) is 6.36. The molecule has 0 aliphatic rings. The lowest BCUT2D eigenvalue weighted by Gasteiger charge is -2.18. The molecule has 100 valence electrons. The molecule has 0 bridgehead atoms. The van der Waals surface area contributed by atoms with E-state index in [1.165, 1.54) is 11.1 Å². The van der Waals surface area contributed by atoms with Gasteiger partial charge in [-0.3, -0.25) is 9.69 Å². The van der Waals surface area contributed by atoms with Crippen LogP contribution in [0.2, 0.25) is 0 Å². The normalized spacial score (nSPS) is 10.7. The molecule has 18 heavy (non-hydrogen) atoms. The van der Waals surface area contributed by atoms with Gasteiger partial charge < -0.3 is 11.1 Å². The SMILES string of the molecule is CCN(CCN)CC(=O)Nc1ccc(C)c(C)c1. The van der Waals surface area contributed by atoms with Crippen molar-refractivity contribution in [1.29, 1.82) is 0 Å². The lowest BCUT2D eigenvalue weighted by Crippen LogP contribution is -2.36. The highest BCUT2D eigenvalue weighted by Gasteiger charge is 2.08. The van der Waals surface area contributed by atoms with Crippen LogP contribution in [0.15, 0.2) is 18.2 Å². The van der Waals surface area contributed by atoms with E-state index in [0.29, 0.717) is 13.1 Å². The van der Waals surface area contributed by atoms with Crippen molar-refractivity contribution in [1.82, 2.24) is 4.90 Å². The molecule has 1 aromatic carbocycles. The number of carbonyl (C=O) groups excluding carboxylic acids is 1. The van der Waals surface area contributed by atoms with Crippen molar-refractivity contribution < 1.29 is 4.79 Å². The van der Waals surface area contributed by atoms with Gasteiger partial charge in [0.15, 0.2) is 0 Å². The maximum absolute atomic E-state index is 11.9. The molecule has 0 unspecified atom stereocenters. The Balaban J connectivity index is 2.55. The topological polar surface area (TPSA) is 58.4 Å². The monoisotopic (exact) mass is 249 g/mol. The number of aryl methyl sites for hydroxylation is 2. The van der Waals surface area contributed by atoms with Gasteiger partial charge in [-0.25, -0.2) is 0 Å². The summed E-state index contributed by atoms with van der Waals surface area (Å²) >= 11 is 0. The molecule has 3 N–H and O–H groups in total. The molecule has 4 nitrogen and oxygen atoms in total. The number of hydrogen-bond donors (Lipinski definition) is 2. The van der Waals surface area contributed by atoms with Crippen LogP contribution in [0.4, 0.5) is 5.69 Å². The molecule has 0 aliphatic heterocycles. The zero-order chi connectivity index (χ0) is 13.5. The van der Waals surface area contributed by atoms with Gasteiger partial charge in [-0.05, 0) is 43.7 Å². The average Bonchev–Trinajstić information content (AvgIpc) is 2.33. The molecular formula is C14H23N3O. The molecule has 0 atom stereocenters. The van der Waals surface area contributed by atoms with E-state index in [4.69, 9.17) is 5.73 Å². The van der Waals surface area contributed by atoms with Gasteiger partial charge in [-0.15, -0.1) is 0 Å². The molecule has 0 radical (unpaired) electrons. The van der Waals surface area contributed by atoms with Gasteiger partial charge in [0.25, 0.3) is 0 Å². The minimum absolute atomic E-state index is 0.00792. The Morgan fingerprint density at radius 3 is 2.61 bits per heavy atom. The Hall–Kier alpha value is -1.39. The van der Waals surface area contributed by atoms with Gasteiger partial charge in [-0.2, -0.15) is 0 Å². The minimum Gasteiger partial charge on any atom is -0.329 e. The molecule has 1 amide bonds. The van der Waals surface area contributed by atoms with Crippen LogP contribution >= 0.6 is 0 Å². The molecule has 4 heteroatoms. The molecule has 0 aliphatic carbocycles. The first kappa shape index (κ1) is 14.7. The van der Waals surface area contributed by atoms with Crippen LogP contribution in [0.1, 0.15) is 18.1 Å². The maximum Gasteiger partial charge on any atom is 0.238 e. The summed E-state index contributed by atoms with van der Waals surface area (Å²) in [7, 11) is 0. The van der Waals surface area contributed by atoms with Gasteiger partial charge in [-0.1, -0.05) is 13.0 Å². The van der Waals surface area contributed by atoms with Crippen LogP contribution in [-0.2, 0) is 4.79 Å². The number of hydrogen-bond acceptors (Lipinski definition) is 3. The first-order chi connectivity index (χ1) is 8.56. The van der Waals surface area contributed by atoms with Crippen LogP contribution in [-0.4, -0.2) is 37.0 Å². The van der Waals surface area contributed by atoms with Crippen molar-refractivity contribution >= 4 is 11.6 Å². The van der Waals surface area contributed by atoms with Crippen LogP contribution < -0.4 is 11.1 Å². The molecule has 1 rings (SSSR count). The van der Waals surface area contributed by atoms with E-state index in [-0.39, 0.29) is 5.91 Å². The smallest absolute Gasteiger partial charge is 0.238 e. The predicted molar refractivity (Wildman–Crippen MR) is 75.7 cm³/mol. The summed E-state index contributed by atoms with van der Waals surface area (Å²) in [6.45, 7) is 8.66. The quantitative estimate of drug-likeness (QED) is 0.803. The highest BCUT2D eigenvalue weighted by atomic mass is 16.2. The van der Waals surface area contributed by atoms with E-state index >= 15 is 0 Å². The van der Waals surface area contributed by atoms with Crippen molar-refractivity contribution in [3.05, 3.63) is 29.3 Å². The van der Waals surface area contributed by atoms with Gasteiger partial charge >= 0.3 is 0 Å². The molecule has 0 fully saturated rings. The predicted octanol–water partition coefficient (Wildman–Crippen LogP) is 1.52. The third-order valence-corrected chi connectivity index (χ3v) is 3.05. The largest absolute Gasteiger partial charge is 0.329 e. The van der Waals surface area contributed by atoms with E-state index in [1.54, 1.807) is 0 Å². The van der Waals surface area contributed by atoms with E-state index in [2.05, 4.69) is 12.2 Å². The number of nitrogens with two attached hydrogens (primary N) is 1. The van der Waals surface area contributed by atoms with Crippen molar-refractivity contribution in [2.24, 2.45) is 5.73 Å². The van der Waals surface area contributed by atoms with Gasteiger partial charge in [0.2, 0.25) is 5.91 Å². The van der Waals surface area contributed by atoms with Crippen molar-refractivity contribution in [2.75, 3.05) is 31.5 Å². The van der Waals surface area contributed by atoms with Crippen molar-refractivity contribution in [3.8, 4) is 0 Å². The molecule has 0 spiro atoms. The Labute approximate surface area is 109 Å². The first-order valence-corrected chi connectivity index (χ1v) is 6.36. The lowest BCUT2D eigenvalue weighted by molar-refractivity contribution is -0.117. The number of nitrogens with zero attached hydrogens (tertiary/aromatic N) is 1. The molecule has 1 aromatic rings. The highest BCUT2D eigenvalue weighted by molar-refractivity contribution is 5.92. The number of anilines is 1. The summed E-state index contributed by atoms with van der Waals surface area (Å²) in [5, 5.41) is 2.91. The number of rotatable bonds is 6. The fourth-order valence-corrected chi connectivity index (χ4v) is 1.75.